The van der Waals surface area contributed by atoms with Crippen molar-refractivity contribution in [2.24, 2.45) is 0 Å². The smallest absolute Gasteiger partial charge is 0.257 e. The van der Waals surface area contributed by atoms with Gasteiger partial charge in [-0.2, -0.15) is 9.78 Å². The Kier molecular flexibility index (Phi) is 4.37. The van der Waals surface area contributed by atoms with Crippen LogP contribution in [-0.4, -0.2) is 20.7 Å². The second-order valence-electron chi connectivity index (χ2n) is 7.46. The van der Waals surface area contributed by atoms with Gasteiger partial charge in [0.25, 0.3) is 5.91 Å². The third kappa shape index (κ3) is 3.15. The standard InChI is InChI=1S/C24H20N4OS/c1-14-11-20-21(12-15(14)2)30-24(25-20)28-22(13-16(3)27-28)26-23(29)19-10-6-8-17-7-4-5-9-18(17)19/h4-13H,1-3H3,(H,26,29). The second-order valence-corrected chi connectivity index (χ2v) is 8.47. The molecule has 0 atom stereocenters. The van der Waals surface area contributed by atoms with Crippen molar-refractivity contribution in [2.45, 2.75) is 20.8 Å². The molecule has 1 N–H and O–H groups in total. The average molecular weight is 413 g/mol. The number of carbonyl (C=O) groups is 1. The number of fused-ring (bicyclic) bond motifs is 2. The number of benzene rings is 3. The lowest BCUT2D eigenvalue weighted by Crippen LogP contribution is -2.15. The Morgan fingerprint density at radius 3 is 2.60 bits per heavy atom. The molecule has 0 spiro atoms. The Balaban J connectivity index is 1.55. The number of rotatable bonds is 3. The topological polar surface area (TPSA) is 59.8 Å². The van der Waals surface area contributed by atoms with Crippen molar-refractivity contribution in [3.63, 3.8) is 0 Å². The van der Waals surface area contributed by atoms with Crippen molar-refractivity contribution >= 4 is 44.1 Å². The molecule has 5 nitrogen and oxygen atoms in total. The molecule has 0 fully saturated rings. The van der Waals surface area contributed by atoms with E-state index in [0.29, 0.717) is 11.4 Å². The maximum Gasteiger partial charge on any atom is 0.257 e. The lowest BCUT2D eigenvalue weighted by Gasteiger charge is -2.09. The number of anilines is 1. The Labute approximate surface area is 178 Å². The number of aromatic nitrogens is 3. The molecule has 3 aromatic carbocycles. The summed E-state index contributed by atoms with van der Waals surface area (Å²) in [7, 11) is 0. The first kappa shape index (κ1) is 18.5. The number of aryl methyl sites for hydroxylation is 3. The van der Waals surface area contributed by atoms with Gasteiger partial charge in [-0.3, -0.25) is 4.79 Å². The highest BCUT2D eigenvalue weighted by Gasteiger charge is 2.17. The molecule has 30 heavy (non-hydrogen) atoms. The molecular formula is C24H20N4OS. The van der Waals surface area contributed by atoms with E-state index in [2.05, 4.69) is 36.4 Å². The summed E-state index contributed by atoms with van der Waals surface area (Å²) in [4.78, 5) is 17.9. The molecule has 0 saturated carbocycles. The van der Waals surface area contributed by atoms with Gasteiger partial charge >= 0.3 is 0 Å². The third-order valence-corrected chi connectivity index (χ3v) is 6.27. The van der Waals surface area contributed by atoms with E-state index in [4.69, 9.17) is 4.98 Å². The van der Waals surface area contributed by atoms with E-state index in [1.54, 1.807) is 16.0 Å². The SMILES string of the molecule is Cc1cc(NC(=O)c2cccc3ccccc23)n(-c2nc3cc(C)c(C)cc3s2)n1. The van der Waals surface area contributed by atoms with Gasteiger partial charge in [-0.05, 0) is 60.9 Å². The van der Waals surface area contributed by atoms with Crippen molar-refractivity contribution in [3.8, 4) is 5.13 Å². The van der Waals surface area contributed by atoms with Crippen molar-refractivity contribution in [3.05, 3.63) is 83.0 Å². The van der Waals surface area contributed by atoms with Crippen molar-refractivity contribution in [1.29, 1.82) is 0 Å². The first-order valence-electron chi connectivity index (χ1n) is 9.73. The molecule has 0 radical (unpaired) electrons. The summed E-state index contributed by atoms with van der Waals surface area (Å²) in [6.45, 7) is 6.09. The zero-order valence-electron chi connectivity index (χ0n) is 16.9. The lowest BCUT2D eigenvalue weighted by molar-refractivity contribution is 0.102. The summed E-state index contributed by atoms with van der Waals surface area (Å²) in [5.74, 6) is 0.443. The van der Waals surface area contributed by atoms with E-state index in [-0.39, 0.29) is 5.91 Å². The van der Waals surface area contributed by atoms with Crippen LogP contribution in [0.4, 0.5) is 5.82 Å². The number of thiazole rings is 1. The van der Waals surface area contributed by atoms with Gasteiger partial charge in [0.15, 0.2) is 0 Å². The molecule has 0 saturated heterocycles. The van der Waals surface area contributed by atoms with Crippen LogP contribution in [0.1, 0.15) is 27.2 Å². The zero-order valence-corrected chi connectivity index (χ0v) is 17.7. The Morgan fingerprint density at radius 2 is 1.73 bits per heavy atom. The summed E-state index contributed by atoms with van der Waals surface area (Å²) in [5, 5.41) is 10.3. The van der Waals surface area contributed by atoms with Crippen LogP contribution in [0.3, 0.4) is 0 Å². The molecule has 2 heterocycles. The normalized spacial score (nSPS) is 11.3. The fraction of sp³-hybridized carbons (Fsp3) is 0.125. The summed E-state index contributed by atoms with van der Waals surface area (Å²) < 4.78 is 2.82. The maximum atomic E-state index is 13.1. The van der Waals surface area contributed by atoms with Gasteiger partial charge < -0.3 is 5.32 Å². The van der Waals surface area contributed by atoms with Crippen molar-refractivity contribution in [2.75, 3.05) is 5.32 Å². The van der Waals surface area contributed by atoms with E-state index in [1.807, 2.05) is 55.5 Å². The first-order chi connectivity index (χ1) is 14.5. The van der Waals surface area contributed by atoms with Crippen molar-refractivity contribution in [1.82, 2.24) is 14.8 Å². The van der Waals surface area contributed by atoms with Gasteiger partial charge in [0.1, 0.15) is 5.82 Å². The molecule has 148 valence electrons. The van der Waals surface area contributed by atoms with Crippen LogP contribution in [-0.2, 0) is 0 Å². The fourth-order valence-electron chi connectivity index (χ4n) is 3.60. The van der Waals surface area contributed by atoms with Crippen LogP contribution < -0.4 is 5.32 Å². The molecule has 6 heteroatoms. The fourth-order valence-corrected chi connectivity index (χ4v) is 4.61. The van der Waals surface area contributed by atoms with Gasteiger partial charge in [0, 0.05) is 11.6 Å². The highest BCUT2D eigenvalue weighted by molar-refractivity contribution is 7.20. The van der Waals surface area contributed by atoms with Gasteiger partial charge in [0.05, 0.1) is 15.9 Å². The quantitative estimate of drug-likeness (QED) is 0.407. The monoisotopic (exact) mass is 412 g/mol. The minimum Gasteiger partial charge on any atom is -0.306 e. The summed E-state index contributed by atoms with van der Waals surface area (Å²) >= 11 is 1.56. The van der Waals surface area contributed by atoms with Crippen molar-refractivity contribution < 1.29 is 4.79 Å². The van der Waals surface area contributed by atoms with Crippen LogP contribution in [0.15, 0.2) is 60.7 Å². The van der Waals surface area contributed by atoms with Crippen LogP contribution in [0.2, 0.25) is 0 Å². The third-order valence-electron chi connectivity index (χ3n) is 5.28. The Hall–Kier alpha value is -3.51. The first-order valence-corrected chi connectivity index (χ1v) is 10.6. The number of nitrogens with one attached hydrogen (secondary N) is 1. The van der Waals surface area contributed by atoms with Gasteiger partial charge in [-0.25, -0.2) is 4.98 Å². The maximum absolute atomic E-state index is 13.1. The molecule has 1 amide bonds. The minimum absolute atomic E-state index is 0.166. The molecule has 0 aliphatic rings. The predicted octanol–water partition coefficient (Wildman–Crippen LogP) is 5.81. The van der Waals surface area contributed by atoms with Gasteiger partial charge in [-0.1, -0.05) is 47.7 Å². The molecule has 0 bridgehead atoms. The molecule has 0 aliphatic carbocycles. The highest BCUT2D eigenvalue weighted by Crippen LogP contribution is 2.29. The van der Waals surface area contributed by atoms with Gasteiger partial charge in [0.2, 0.25) is 5.13 Å². The number of amides is 1. The summed E-state index contributed by atoms with van der Waals surface area (Å²) in [5.41, 5.74) is 4.83. The number of carbonyl (C=O) groups excluding carboxylic acids is 1. The van der Waals surface area contributed by atoms with Crippen LogP contribution in [0.5, 0.6) is 0 Å². The lowest BCUT2D eigenvalue weighted by atomic mass is 10.0. The predicted molar refractivity (Wildman–Crippen MR) is 123 cm³/mol. The largest absolute Gasteiger partial charge is 0.306 e. The van der Waals surface area contributed by atoms with E-state index in [9.17, 15) is 4.79 Å². The van der Waals surface area contributed by atoms with E-state index < -0.39 is 0 Å². The minimum atomic E-state index is -0.166. The Morgan fingerprint density at radius 1 is 0.967 bits per heavy atom. The van der Waals surface area contributed by atoms with E-state index in [1.165, 1.54) is 11.1 Å². The molecule has 5 aromatic rings. The molecular weight excluding hydrogens is 392 g/mol. The summed E-state index contributed by atoms with van der Waals surface area (Å²) in [6.07, 6.45) is 0. The number of hydrogen-bond donors (Lipinski definition) is 1. The zero-order chi connectivity index (χ0) is 20.8. The Bertz CT molecular complexity index is 1390. The number of nitrogens with zero attached hydrogens (tertiary/aromatic N) is 3. The molecule has 0 aliphatic heterocycles. The second kappa shape index (κ2) is 7.07. The van der Waals surface area contributed by atoms with Crippen LogP contribution in [0.25, 0.3) is 26.1 Å². The molecule has 0 unspecified atom stereocenters. The van der Waals surface area contributed by atoms with E-state index >= 15 is 0 Å². The van der Waals surface area contributed by atoms with Crippen LogP contribution >= 0.6 is 11.3 Å². The summed E-state index contributed by atoms with van der Waals surface area (Å²) in [6, 6.07) is 19.7. The highest BCUT2D eigenvalue weighted by atomic mass is 32.1. The number of hydrogen-bond acceptors (Lipinski definition) is 4. The van der Waals surface area contributed by atoms with Gasteiger partial charge in [-0.15, -0.1) is 0 Å². The van der Waals surface area contributed by atoms with E-state index in [0.717, 1.165) is 31.8 Å². The molecule has 5 rings (SSSR count). The molecule has 2 aromatic heterocycles. The average Bonchev–Trinajstić information content (AvgIpc) is 3.30. The van der Waals surface area contributed by atoms with Crippen LogP contribution in [0, 0.1) is 20.8 Å².